The first kappa shape index (κ1) is 13.6. The van der Waals surface area contributed by atoms with Crippen LogP contribution in [0.15, 0.2) is 24.3 Å². The molecule has 0 aliphatic carbocycles. The molecule has 1 aromatic carbocycles. The number of alkyl halides is 1. The van der Waals surface area contributed by atoms with Gasteiger partial charge in [0.05, 0.1) is 6.10 Å². The second kappa shape index (κ2) is 6.29. The van der Waals surface area contributed by atoms with E-state index in [1.807, 2.05) is 26.0 Å². The molecule has 1 nitrogen and oxygen atoms in total. The Morgan fingerprint density at radius 2 is 1.69 bits per heavy atom. The Morgan fingerprint density at radius 3 is 2.12 bits per heavy atom. The van der Waals surface area contributed by atoms with Gasteiger partial charge in [-0.1, -0.05) is 48.3 Å². The summed E-state index contributed by atoms with van der Waals surface area (Å²) in [4.78, 5) is 0.436. The van der Waals surface area contributed by atoms with Gasteiger partial charge >= 0.3 is 0 Å². The van der Waals surface area contributed by atoms with E-state index in [4.69, 9.17) is 4.74 Å². The van der Waals surface area contributed by atoms with Gasteiger partial charge in [-0.25, -0.2) is 0 Å². The van der Waals surface area contributed by atoms with Gasteiger partial charge in [-0.2, -0.15) is 0 Å². The van der Waals surface area contributed by atoms with Crippen molar-refractivity contribution in [1.29, 1.82) is 0 Å². The van der Waals surface area contributed by atoms with Crippen LogP contribution in [0.1, 0.15) is 44.5 Å². The van der Waals surface area contributed by atoms with Crippen LogP contribution in [0.25, 0.3) is 0 Å². The number of rotatable bonds is 5. The van der Waals surface area contributed by atoms with Crippen LogP contribution in [-0.4, -0.2) is 6.10 Å². The molecule has 1 aromatic rings. The summed E-state index contributed by atoms with van der Waals surface area (Å²) in [7, 11) is 0. The third-order valence-corrected chi connectivity index (χ3v) is 4.15. The summed E-state index contributed by atoms with van der Waals surface area (Å²) in [6.07, 6.45) is 1.42. The maximum absolute atomic E-state index is 5.62. The van der Waals surface area contributed by atoms with E-state index in [-0.39, 0.29) is 6.10 Å². The Hall–Kier alpha value is -0.500. The minimum Gasteiger partial charge on any atom is -0.491 e. The fourth-order valence-electron chi connectivity index (χ4n) is 1.54. The summed E-state index contributed by atoms with van der Waals surface area (Å²) in [6.45, 7) is 8.56. The predicted molar refractivity (Wildman–Crippen MR) is 73.3 cm³/mol. The molecule has 16 heavy (non-hydrogen) atoms. The third-order valence-electron chi connectivity index (χ3n) is 2.71. The van der Waals surface area contributed by atoms with Crippen molar-refractivity contribution >= 4 is 15.9 Å². The first-order valence-corrected chi connectivity index (χ1v) is 6.86. The lowest BCUT2D eigenvalue weighted by atomic mass is 9.99. The smallest absolute Gasteiger partial charge is 0.119 e. The van der Waals surface area contributed by atoms with Crippen LogP contribution in [-0.2, 0) is 0 Å². The van der Waals surface area contributed by atoms with Crippen molar-refractivity contribution in [2.24, 2.45) is 5.92 Å². The van der Waals surface area contributed by atoms with Crippen molar-refractivity contribution in [3.63, 3.8) is 0 Å². The van der Waals surface area contributed by atoms with E-state index in [1.54, 1.807) is 0 Å². The molecular weight excluding hydrogens is 264 g/mol. The zero-order valence-corrected chi connectivity index (χ0v) is 12.1. The van der Waals surface area contributed by atoms with Gasteiger partial charge in [-0.3, -0.25) is 0 Å². The largest absolute Gasteiger partial charge is 0.491 e. The first-order chi connectivity index (χ1) is 7.54. The van der Waals surface area contributed by atoms with Crippen LogP contribution in [0.4, 0.5) is 0 Å². The zero-order chi connectivity index (χ0) is 12.1. The molecule has 0 aliphatic heterocycles. The van der Waals surface area contributed by atoms with Gasteiger partial charge in [-0.15, -0.1) is 0 Å². The van der Waals surface area contributed by atoms with Crippen LogP contribution >= 0.6 is 15.9 Å². The average molecular weight is 285 g/mol. The summed E-state index contributed by atoms with van der Waals surface area (Å²) in [5.74, 6) is 1.60. The summed E-state index contributed by atoms with van der Waals surface area (Å²) in [5, 5.41) is 0. The summed E-state index contributed by atoms with van der Waals surface area (Å²) < 4.78 is 5.62. The van der Waals surface area contributed by atoms with Gasteiger partial charge in [-0.05, 0) is 37.5 Å². The minimum absolute atomic E-state index is 0.236. The Morgan fingerprint density at radius 1 is 1.12 bits per heavy atom. The Bertz CT molecular complexity index is 305. The first-order valence-electron chi connectivity index (χ1n) is 5.95. The molecular formula is C14H21BrO. The zero-order valence-electron chi connectivity index (χ0n) is 10.5. The summed E-state index contributed by atoms with van der Waals surface area (Å²) in [5.41, 5.74) is 1.32. The van der Waals surface area contributed by atoms with Crippen LogP contribution in [0.2, 0.25) is 0 Å². The summed E-state index contributed by atoms with van der Waals surface area (Å²) >= 11 is 3.75. The molecule has 0 N–H and O–H groups in total. The Balaban J connectivity index is 2.70. The highest BCUT2D eigenvalue weighted by atomic mass is 79.9. The van der Waals surface area contributed by atoms with Crippen molar-refractivity contribution in [3.8, 4) is 5.75 Å². The molecule has 0 saturated carbocycles. The van der Waals surface area contributed by atoms with Crippen LogP contribution < -0.4 is 4.74 Å². The Labute approximate surface area is 107 Å². The Kier molecular flexibility index (Phi) is 5.33. The van der Waals surface area contributed by atoms with Crippen LogP contribution in [0, 0.1) is 5.92 Å². The molecule has 0 spiro atoms. The maximum Gasteiger partial charge on any atom is 0.119 e. The van der Waals surface area contributed by atoms with Crippen molar-refractivity contribution in [2.75, 3.05) is 0 Å². The van der Waals surface area contributed by atoms with E-state index in [9.17, 15) is 0 Å². The standard InChI is InChI=1S/C14H21BrO/c1-5-11(4)14(15)12-6-8-13(9-7-12)16-10(2)3/h6-11,14H,5H2,1-4H3. The molecule has 90 valence electrons. The average Bonchev–Trinajstić information content (AvgIpc) is 2.27. The van der Waals surface area contributed by atoms with Gasteiger partial charge in [0, 0.05) is 4.83 Å². The fraction of sp³-hybridized carbons (Fsp3) is 0.571. The molecule has 0 fully saturated rings. The van der Waals surface area contributed by atoms with Crippen LogP contribution in [0.5, 0.6) is 5.75 Å². The van der Waals surface area contributed by atoms with Crippen LogP contribution in [0.3, 0.4) is 0 Å². The number of halogens is 1. The van der Waals surface area contributed by atoms with Crippen molar-refractivity contribution in [3.05, 3.63) is 29.8 Å². The lowest BCUT2D eigenvalue weighted by Crippen LogP contribution is -2.06. The normalized spacial score (nSPS) is 14.9. The second-order valence-corrected chi connectivity index (χ2v) is 5.51. The van der Waals surface area contributed by atoms with Gasteiger partial charge < -0.3 is 4.74 Å². The topological polar surface area (TPSA) is 9.23 Å². The van der Waals surface area contributed by atoms with Crippen molar-refractivity contribution in [2.45, 2.75) is 45.0 Å². The van der Waals surface area contributed by atoms with E-state index in [0.717, 1.165) is 5.75 Å². The van der Waals surface area contributed by atoms with Gasteiger partial charge in [0.2, 0.25) is 0 Å². The van der Waals surface area contributed by atoms with Gasteiger partial charge in [0.15, 0.2) is 0 Å². The lowest BCUT2D eigenvalue weighted by molar-refractivity contribution is 0.242. The van der Waals surface area contributed by atoms with Crippen molar-refractivity contribution in [1.82, 2.24) is 0 Å². The van der Waals surface area contributed by atoms with E-state index < -0.39 is 0 Å². The minimum atomic E-state index is 0.236. The number of hydrogen-bond donors (Lipinski definition) is 0. The second-order valence-electron chi connectivity index (χ2n) is 4.52. The number of benzene rings is 1. The quantitative estimate of drug-likeness (QED) is 0.695. The third kappa shape index (κ3) is 3.82. The molecule has 0 bridgehead atoms. The molecule has 0 radical (unpaired) electrons. The highest BCUT2D eigenvalue weighted by Gasteiger charge is 2.14. The van der Waals surface area contributed by atoms with Gasteiger partial charge in [0.1, 0.15) is 5.75 Å². The molecule has 2 heteroatoms. The summed E-state index contributed by atoms with van der Waals surface area (Å²) in [6, 6.07) is 8.38. The number of hydrogen-bond acceptors (Lipinski definition) is 1. The fourth-order valence-corrected chi connectivity index (χ4v) is 2.22. The van der Waals surface area contributed by atoms with E-state index in [2.05, 4.69) is 41.9 Å². The molecule has 2 unspecified atom stereocenters. The highest BCUT2D eigenvalue weighted by Crippen LogP contribution is 2.33. The maximum atomic E-state index is 5.62. The molecule has 2 atom stereocenters. The molecule has 0 aliphatic rings. The number of ether oxygens (including phenoxy) is 1. The monoisotopic (exact) mass is 284 g/mol. The molecule has 0 heterocycles. The molecule has 0 saturated heterocycles. The predicted octanol–water partition coefficient (Wildman–Crippen LogP) is 4.96. The highest BCUT2D eigenvalue weighted by molar-refractivity contribution is 9.09. The van der Waals surface area contributed by atoms with E-state index >= 15 is 0 Å². The molecule has 0 amide bonds. The SMILES string of the molecule is CCC(C)C(Br)c1ccc(OC(C)C)cc1. The molecule has 0 aromatic heterocycles. The molecule has 1 rings (SSSR count). The van der Waals surface area contributed by atoms with E-state index in [0.29, 0.717) is 10.7 Å². The van der Waals surface area contributed by atoms with Gasteiger partial charge in [0.25, 0.3) is 0 Å². The lowest BCUT2D eigenvalue weighted by Gasteiger charge is -2.17. The van der Waals surface area contributed by atoms with Crippen molar-refractivity contribution < 1.29 is 4.74 Å². The van der Waals surface area contributed by atoms with E-state index in [1.165, 1.54) is 12.0 Å².